The summed E-state index contributed by atoms with van der Waals surface area (Å²) in [6, 6.07) is 11.4. The third-order valence-electron chi connectivity index (χ3n) is 5.72. The Labute approximate surface area is 214 Å². The summed E-state index contributed by atoms with van der Waals surface area (Å²) in [6.45, 7) is 5.69. The second-order valence-electron chi connectivity index (χ2n) is 8.40. The molecule has 0 spiro atoms. The number of halogens is 1. The first-order chi connectivity index (χ1) is 16.9. The Bertz CT molecular complexity index is 1180. The summed E-state index contributed by atoms with van der Waals surface area (Å²) in [5.74, 6) is 0.170. The zero-order valence-corrected chi connectivity index (χ0v) is 21.3. The van der Waals surface area contributed by atoms with Gasteiger partial charge in [0.15, 0.2) is 11.5 Å². The third-order valence-corrected chi connectivity index (χ3v) is 6.91. The van der Waals surface area contributed by atoms with Gasteiger partial charge in [0.1, 0.15) is 13.2 Å². The zero-order chi connectivity index (χ0) is 24.9. The van der Waals surface area contributed by atoms with Crippen molar-refractivity contribution in [2.45, 2.75) is 33.3 Å². The van der Waals surface area contributed by atoms with E-state index in [2.05, 4.69) is 0 Å². The summed E-state index contributed by atoms with van der Waals surface area (Å²) in [5.41, 5.74) is 2.73. The van der Waals surface area contributed by atoms with Crippen molar-refractivity contribution in [2.75, 3.05) is 26.2 Å². The van der Waals surface area contributed by atoms with Gasteiger partial charge in [0.05, 0.1) is 16.5 Å². The lowest BCUT2D eigenvalue weighted by molar-refractivity contribution is -0.135. The Balaban J connectivity index is 1.52. The van der Waals surface area contributed by atoms with Crippen LogP contribution in [0.5, 0.6) is 11.5 Å². The molecule has 4 rings (SSSR count). The van der Waals surface area contributed by atoms with Gasteiger partial charge in [-0.25, -0.2) is 0 Å². The number of amides is 3. The van der Waals surface area contributed by atoms with Crippen LogP contribution in [0, 0.1) is 6.92 Å². The lowest BCUT2D eigenvalue weighted by atomic mass is 10.1. The van der Waals surface area contributed by atoms with Crippen LogP contribution in [-0.2, 0) is 16.2 Å². The van der Waals surface area contributed by atoms with E-state index < -0.39 is 11.1 Å². The van der Waals surface area contributed by atoms with Gasteiger partial charge in [-0.05, 0) is 67.8 Å². The minimum atomic E-state index is -0.485. The van der Waals surface area contributed by atoms with E-state index in [1.54, 1.807) is 23.1 Å². The maximum atomic E-state index is 12.9. The highest BCUT2D eigenvalue weighted by Crippen LogP contribution is 2.39. The van der Waals surface area contributed by atoms with Crippen LogP contribution in [0.4, 0.5) is 4.79 Å². The molecule has 2 aliphatic heterocycles. The number of aryl methyl sites for hydroxylation is 1. The molecule has 2 fully saturated rings. The first-order valence-corrected chi connectivity index (χ1v) is 12.7. The number of imide groups is 1. The molecule has 9 heteroatoms. The number of nitrogens with zero attached hydrogens (tertiary/aromatic N) is 2. The van der Waals surface area contributed by atoms with Crippen LogP contribution in [0.15, 0.2) is 41.3 Å². The summed E-state index contributed by atoms with van der Waals surface area (Å²) in [7, 11) is 0. The molecule has 184 valence electrons. The van der Waals surface area contributed by atoms with Gasteiger partial charge in [-0.3, -0.25) is 19.3 Å². The first kappa shape index (κ1) is 25.1. The van der Waals surface area contributed by atoms with Crippen molar-refractivity contribution in [1.82, 2.24) is 9.80 Å². The average molecular weight is 515 g/mol. The van der Waals surface area contributed by atoms with Gasteiger partial charge in [0.2, 0.25) is 5.91 Å². The number of hydrogen-bond donors (Lipinski definition) is 0. The van der Waals surface area contributed by atoms with Crippen LogP contribution in [0.3, 0.4) is 0 Å². The number of ether oxygens (including phenoxy) is 2. The zero-order valence-electron chi connectivity index (χ0n) is 19.7. The number of carbonyl (C=O) groups is 3. The van der Waals surface area contributed by atoms with Gasteiger partial charge >= 0.3 is 0 Å². The van der Waals surface area contributed by atoms with Crippen molar-refractivity contribution in [2.24, 2.45) is 0 Å². The Morgan fingerprint density at radius 1 is 1.14 bits per heavy atom. The van der Waals surface area contributed by atoms with E-state index in [9.17, 15) is 14.4 Å². The van der Waals surface area contributed by atoms with E-state index >= 15 is 0 Å². The molecule has 7 nitrogen and oxygen atoms in total. The Hall–Kier alpha value is -2.97. The monoisotopic (exact) mass is 514 g/mol. The smallest absolute Gasteiger partial charge is 0.294 e. The van der Waals surface area contributed by atoms with E-state index in [0.717, 1.165) is 40.6 Å². The number of hydrogen-bond acceptors (Lipinski definition) is 6. The number of thioether (sulfide) groups is 1. The van der Waals surface area contributed by atoms with E-state index in [1.165, 1.54) is 0 Å². The summed E-state index contributed by atoms with van der Waals surface area (Å²) >= 11 is 7.35. The molecule has 0 N–H and O–H groups in total. The number of benzene rings is 2. The minimum Gasteiger partial charge on any atom is -0.490 e. The second-order valence-corrected chi connectivity index (χ2v) is 9.80. The van der Waals surface area contributed by atoms with Gasteiger partial charge in [0, 0.05) is 13.1 Å². The van der Waals surface area contributed by atoms with E-state index in [0.29, 0.717) is 48.4 Å². The summed E-state index contributed by atoms with van der Waals surface area (Å²) in [5, 5.41) is -0.124. The molecule has 2 heterocycles. The average Bonchev–Trinajstić information content (AvgIpc) is 3.44. The quantitative estimate of drug-likeness (QED) is 0.446. The highest BCUT2D eigenvalue weighted by molar-refractivity contribution is 8.18. The Morgan fingerprint density at radius 2 is 1.91 bits per heavy atom. The van der Waals surface area contributed by atoms with Crippen molar-refractivity contribution in [1.29, 1.82) is 0 Å². The van der Waals surface area contributed by atoms with E-state index in [4.69, 9.17) is 21.1 Å². The highest BCUT2D eigenvalue weighted by Gasteiger charge is 2.37. The fourth-order valence-electron chi connectivity index (χ4n) is 4.02. The summed E-state index contributed by atoms with van der Waals surface area (Å²) < 4.78 is 11.7. The van der Waals surface area contributed by atoms with E-state index in [1.807, 2.05) is 38.1 Å². The molecule has 0 saturated carbocycles. The topological polar surface area (TPSA) is 76.2 Å². The summed E-state index contributed by atoms with van der Waals surface area (Å²) in [6.07, 6.45) is 3.48. The predicted molar refractivity (Wildman–Crippen MR) is 137 cm³/mol. The molecule has 0 bridgehead atoms. The molecule has 2 aromatic rings. The fraction of sp³-hybridized carbons (Fsp3) is 0.346. The highest BCUT2D eigenvalue weighted by atomic mass is 35.5. The SMILES string of the molecule is CCOc1cc(/C=C2/SC(=O)N(CC(=O)N3CCCC3)C2=O)cc(Cl)c1OCc1cccc(C)c1. The van der Waals surface area contributed by atoms with Crippen LogP contribution < -0.4 is 9.47 Å². The summed E-state index contributed by atoms with van der Waals surface area (Å²) in [4.78, 5) is 40.7. The van der Waals surface area contributed by atoms with Gasteiger partial charge in [0.25, 0.3) is 11.1 Å². The standard InChI is InChI=1S/C26H27ClN2O5S/c1-3-33-21-13-19(12-20(27)24(21)34-16-18-8-6-7-17(2)11-18)14-22-25(31)29(26(32)35-22)15-23(30)28-9-4-5-10-28/h6-8,11-14H,3-5,9-10,15-16H2,1-2H3/b22-14+. The van der Waals surface area contributed by atoms with Crippen LogP contribution in [0.25, 0.3) is 6.08 Å². The molecule has 2 aliphatic rings. The number of carbonyl (C=O) groups excluding carboxylic acids is 3. The lowest BCUT2D eigenvalue weighted by Crippen LogP contribution is -2.40. The van der Waals surface area contributed by atoms with Gasteiger partial charge in [-0.1, -0.05) is 41.4 Å². The minimum absolute atomic E-state index is 0.206. The van der Waals surface area contributed by atoms with Crippen molar-refractivity contribution in [3.05, 3.63) is 63.0 Å². The van der Waals surface area contributed by atoms with Crippen molar-refractivity contribution >= 4 is 46.5 Å². The van der Waals surface area contributed by atoms with Crippen LogP contribution in [0.1, 0.15) is 36.5 Å². The predicted octanol–water partition coefficient (Wildman–Crippen LogP) is 5.28. The largest absolute Gasteiger partial charge is 0.490 e. The molecule has 2 aromatic carbocycles. The number of rotatable bonds is 8. The second kappa shape index (κ2) is 11.2. The Morgan fingerprint density at radius 3 is 2.63 bits per heavy atom. The molecule has 35 heavy (non-hydrogen) atoms. The fourth-order valence-corrected chi connectivity index (χ4v) is 5.13. The van der Waals surface area contributed by atoms with Gasteiger partial charge < -0.3 is 14.4 Å². The first-order valence-electron chi connectivity index (χ1n) is 11.5. The molecular formula is C26H27ClN2O5S. The number of likely N-dealkylation sites (tertiary alicyclic amines) is 1. The molecule has 0 unspecified atom stereocenters. The van der Waals surface area contributed by atoms with Crippen molar-refractivity contribution in [3.8, 4) is 11.5 Å². The molecular weight excluding hydrogens is 488 g/mol. The van der Waals surface area contributed by atoms with Crippen LogP contribution in [-0.4, -0.2) is 53.1 Å². The molecule has 0 atom stereocenters. The lowest BCUT2D eigenvalue weighted by Gasteiger charge is -2.18. The maximum Gasteiger partial charge on any atom is 0.294 e. The molecule has 0 aliphatic carbocycles. The van der Waals surface area contributed by atoms with Gasteiger partial charge in [-0.15, -0.1) is 0 Å². The van der Waals surface area contributed by atoms with Crippen molar-refractivity contribution in [3.63, 3.8) is 0 Å². The van der Waals surface area contributed by atoms with E-state index in [-0.39, 0.29) is 17.4 Å². The molecule has 2 saturated heterocycles. The maximum absolute atomic E-state index is 12.9. The van der Waals surface area contributed by atoms with Crippen LogP contribution in [0.2, 0.25) is 5.02 Å². The molecule has 0 radical (unpaired) electrons. The van der Waals surface area contributed by atoms with Gasteiger partial charge in [-0.2, -0.15) is 0 Å². The van der Waals surface area contributed by atoms with Crippen molar-refractivity contribution < 1.29 is 23.9 Å². The van der Waals surface area contributed by atoms with Crippen LogP contribution >= 0.6 is 23.4 Å². The molecule has 3 amide bonds. The normalized spacial score (nSPS) is 16.9. The Kier molecular flexibility index (Phi) is 8.03. The molecule has 0 aromatic heterocycles. The third kappa shape index (κ3) is 6.00.